The van der Waals surface area contributed by atoms with Crippen molar-refractivity contribution in [1.29, 1.82) is 0 Å². The molecular formula is C11H24N2OS. The van der Waals surface area contributed by atoms with Crippen molar-refractivity contribution in [3.05, 3.63) is 0 Å². The molecule has 3 unspecified atom stereocenters. The van der Waals surface area contributed by atoms with Crippen LogP contribution in [0.1, 0.15) is 26.2 Å². The van der Waals surface area contributed by atoms with Crippen molar-refractivity contribution in [3.63, 3.8) is 0 Å². The Hall–Kier alpha value is 0.230. The standard InChI is InChI=1S/C11H24N2OS/c1-2-10(3-5-14)13-11(7-12)9-4-6-15-8-9/h9-11,13-14H,2-8,12H2,1H3. The van der Waals surface area contributed by atoms with Crippen LogP contribution in [-0.2, 0) is 0 Å². The highest BCUT2D eigenvalue weighted by Crippen LogP contribution is 2.26. The van der Waals surface area contributed by atoms with Gasteiger partial charge in [-0.15, -0.1) is 0 Å². The first-order valence-corrected chi connectivity index (χ1v) is 7.12. The van der Waals surface area contributed by atoms with Crippen molar-refractivity contribution in [2.24, 2.45) is 11.7 Å². The minimum absolute atomic E-state index is 0.266. The Kier molecular flexibility index (Phi) is 6.64. The summed E-state index contributed by atoms with van der Waals surface area (Å²) >= 11 is 2.03. The number of nitrogens with two attached hydrogens (primary N) is 1. The average molecular weight is 232 g/mol. The molecule has 0 amide bonds. The predicted molar refractivity (Wildman–Crippen MR) is 67.2 cm³/mol. The van der Waals surface area contributed by atoms with Gasteiger partial charge in [-0.25, -0.2) is 0 Å². The first kappa shape index (κ1) is 13.3. The molecule has 4 N–H and O–H groups in total. The number of aliphatic hydroxyl groups excluding tert-OH is 1. The molecule has 0 aromatic carbocycles. The van der Waals surface area contributed by atoms with Gasteiger partial charge in [0, 0.05) is 25.2 Å². The highest BCUT2D eigenvalue weighted by atomic mass is 32.2. The van der Waals surface area contributed by atoms with Crippen LogP contribution in [0, 0.1) is 5.92 Å². The zero-order valence-corrected chi connectivity index (χ0v) is 10.4. The van der Waals surface area contributed by atoms with Crippen LogP contribution < -0.4 is 11.1 Å². The molecule has 0 bridgehead atoms. The maximum Gasteiger partial charge on any atom is 0.0445 e. The van der Waals surface area contributed by atoms with Crippen LogP contribution in [0.3, 0.4) is 0 Å². The van der Waals surface area contributed by atoms with Gasteiger partial charge in [0.05, 0.1) is 0 Å². The van der Waals surface area contributed by atoms with Gasteiger partial charge in [-0.05, 0) is 36.7 Å². The number of rotatable bonds is 7. The first-order chi connectivity index (χ1) is 7.31. The monoisotopic (exact) mass is 232 g/mol. The van der Waals surface area contributed by atoms with Crippen LogP contribution in [-0.4, -0.2) is 41.8 Å². The molecular weight excluding hydrogens is 208 g/mol. The molecule has 15 heavy (non-hydrogen) atoms. The molecule has 0 aromatic rings. The Morgan fingerprint density at radius 1 is 1.60 bits per heavy atom. The molecule has 1 fully saturated rings. The van der Waals surface area contributed by atoms with Gasteiger partial charge in [0.1, 0.15) is 0 Å². The molecule has 0 spiro atoms. The molecule has 1 rings (SSSR count). The van der Waals surface area contributed by atoms with Crippen molar-refractivity contribution >= 4 is 11.8 Å². The Morgan fingerprint density at radius 2 is 2.40 bits per heavy atom. The number of thioether (sulfide) groups is 1. The highest BCUT2D eigenvalue weighted by molar-refractivity contribution is 7.99. The van der Waals surface area contributed by atoms with Crippen LogP contribution in [0.5, 0.6) is 0 Å². The molecule has 1 aliphatic heterocycles. The summed E-state index contributed by atoms with van der Waals surface area (Å²) in [4.78, 5) is 0. The predicted octanol–water partition coefficient (Wildman–Crippen LogP) is 0.817. The van der Waals surface area contributed by atoms with E-state index in [4.69, 9.17) is 10.8 Å². The zero-order chi connectivity index (χ0) is 11.1. The molecule has 90 valence electrons. The van der Waals surface area contributed by atoms with Gasteiger partial charge in [0.15, 0.2) is 0 Å². The molecule has 1 aliphatic rings. The van der Waals surface area contributed by atoms with Gasteiger partial charge in [0.25, 0.3) is 0 Å². The lowest BCUT2D eigenvalue weighted by Gasteiger charge is -2.27. The van der Waals surface area contributed by atoms with E-state index in [1.807, 2.05) is 11.8 Å². The summed E-state index contributed by atoms with van der Waals surface area (Å²) in [6, 6.07) is 0.866. The summed E-state index contributed by atoms with van der Waals surface area (Å²) in [5, 5.41) is 12.5. The smallest absolute Gasteiger partial charge is 0.0445 e. The summed E-state index contributed by atoms with van der Waals surface area (Å²) in [7, 11) is 0. The van der Waals surface area contributed by atoms with Gasteiger partial charge in [-0.2, -0.15) is 11.8 Å². The van der Waals surface area contributed by atoms with E-state index in [-0.39, 0.29) is 6.61 Å². The normalized spacial score (nSPS) is 25.4. The number of hydrogen-bond acceptors (Lipinski definition) is 4. The van der Waals surface area contributed by atoms with Crippen molar-refractivity contribution in [1.82, 2.24) is 5.32 Å². The number of hydrogen-bond donors (Lipinski definition) is 3. The third-order valence-corrected chi connectivity index (χ3v) is 4.40. The van der Waals surface area contributed by atoms with Gasteiger partial charge in [0.2, 0.25) is 0 Å². The van der Waals surface area contributed by atoms with Gasteiger partial charge in [-0.3, -0.25) is 0 Å². The van der Waals surface area contributed by atoms with E-state index in [2.05, 4.69) is 12.2 Å². The van der Waals surface area contributed by atoms with E-state index < -0.39 is 0 Å². The van der Waals surface area contributed by atoms with Crippen LogP contribution in [0.15, 0.2) is 0 Å². The lowest BCUT2D eigenvalue weighted by atomic mass is 9.97. The van der Waals surface area contributed by atoms with E-state index in [9.17, 15) is 0 Å². The van der Waals surface area contributed by atoms with Crippen molar-refractivity contribution < 1.29 is 5.11 Å². The fraction of sp³-hybridized carbons (Fsp3) is 1.00. The summed E-state index contributed by atoms with van der Waals surface area (Å²) in [5.74, 6) is 3.25. The Morgan fingerprint density at radius 3 is 2.87 bits per heavy atom. The van der Waals surface area contributed by atoms with Gasteiger partial charge >= 0.3 is 0 Å². The van der Waals surface area contributed by atoms with Crippen LogP contribution >= 0.6 is 11.8 Å². The molecule has 0 aliphatic carbocycles. The second-order valence-corrected chi connectivity index (χ2v) is 5.40. The lowest BCUT2D eigenvalue weighted by Crippen LogP contribution is -2.47. The van der Waals surface area contributed by atoms with Crippen molar-refractivity contribution in [3.8, 4) is 0 Å². The van der Waals surface area contributed by atoms with Gasteiger partial charge < -0.3 is 16.2 Å². The molecule has 0 saturated carbocycles. The van der Waals surface area contributed by atoms with Crippen molar-refractivity contribution in [2.75, 3.05) is 24.7 Å². The van der Waals surface area contributed by atoms with E-state index in [0.29, 0.717) is 18.6 Å². The molecule has 0 aromatic heterocycles. The molecule has 4 heteroatoms. The largest absolute Gasteiger partial charge is 0.396 e. The summed E-state index contributed by atoms with van der Waals surface area (Å²) in [6.45, 7) is 3.14. The van der Waals surface area contributed by atoms with E-state index in [1.54, 1.807) is 0 Å². The fourth-order valence-electron chi connectivity index (χ4n) is 2.13. The molecule has 0 radical (unpaired) electrons. The van der Waals surface area contributed by atoms with Crippen molar-refractivity contribution in [2.45, 2.75) is 38.3 Å². The maximum atomic E-state index is 8.94. The summed E-state index contributed by atoms with van der Waals surface area (Å²) in [5.41, 5.74) is 5.82. The lowest BCUT2D eigenvalue weighted by molar-refractivity contribution is 0.245. The highest BCUT2D eigenvalue weighted by Gasteiger charge is 2.25. The zero-order valence-electron chi connectivity index (χ0n) is 9.61. The topological polar surface area (TPSA) is 58.3 Å². The first-order valence-electron chi connectivity index (χ1n) is 5.96. The minimum Gasteiger partial charge on any atom is -0.396 e. The van der Waals surface area contributed by atoms with E-state index in [1.165, 1.54) is 17.9 Å². The van der Waals surface area contributed by atoms with Crippen LogP contribution in [0.4, 0.5) is 0 Å². The maximum absolute atomic E-state index is 8.94. The minimum atomic E-state index is 0.266. The van der Waals surface area contributed by atoms with Crippen LogP contribution in [0.25, 0.3) is 0 Å². The average Bonchev–Trinajstić information content (AvgIpc) is 2.77. The van der Waals surface area contributed by atoms with E-state index in [0.717, 1.165) is 18.8 Å². The third kappa shape index (κ3) is 4.31. The van der Waals surface area contributed by atoms with Crippen LogP contribution in [0.2, 0.25) is 0 Å². The third-order valence-electron chi connectivity index (χ3n) is 3.21. The van der Waals surface area contributed by atoms with Gasteiger partial charge in [-0.1, -0.05) is 6.92 Å². The summed E-state index contributed by atoms with van der Waals surface area (Å²) < 4.78 is 0. The number of aliphatic hydroxyl groups is 1. The number of nitrogens with one attached hydrogen (secondary N) is 1. The Labute approximate surface area is 97.2 Å². The Balaban J connectivity index is 2.36. The summed E-state index contributed by atoms with van der Waals surface area (Å²) in [6.07, 6.45) is 3.19. The molecule has 1 saturated heterocycles. The van der Waals surface area contributed by atoms with E-state index >= 15 is 0 Å². The SMILES string of the molecule is CCC(CCO)NC(CN)C1CCSC1. The quantitative estimate of drug-likeness (QED) is 0.608. The second kappa shape index (κ2) is 7.49. The second-order valence-electron chi connectivity index (χ2n) is 4.25. The molecule has 1 heterocycles. The fourth-order valence-corrected chi connectivity index (χ4v) is 3.47. The molecule has 3 nitrogen and oxygen atoms in total. The Bertz CT molecular complexity index is 163. The molecule has 3 atom stereocenters.